The molecular weight excluding hydrogens is 451 g/mol. The van der Waals surface area contributed by atoms with E-state index in [1.807, 2.05) is 34.0 Å². The van der Waals surface area contributed by atoms with E-state index in [0.29, 0.717) is 3.92 Å². The van der Waals surface area contributed by atoms with Crippen molar-refractivity contribution in [2.45, 2.75) is 17.8 Å². The van der Waals surface area contributed by atoms with Gasteiger partial charge in [-0.2, -0.15) is 0 Å². The summed E-state index contributed by atoms with van der Waals surface area (Å²) in [7, 11) is 0. The second-order valence-corrected chi connectivity index (χ2v) is 11.5. The number of halogens is 1. The average Bonchev–Trinajstić information content (AvgIpc) is 3.12. The summed E-state index contributed by atoms with van der Waals surface area (Å²) in [6.07, 6.45) is 0. The minimum Gasteiger partial charge on any atom is -0.124 e. The van der Waals surface area contributed by atoms with E-state index in [0.717, 1.165) is 0 Å². The Morgan fingerprint density at radius 1 is 0.826 bits per heavy atom. The Morgan fingerprint density at radius 2 is 1.43 bits per heavy atom. The summed E-state index contributed by atoms with van der Waals surface area (Å²) < 4.78 is 6.36. The van der Waals surface area contributed by atoms with Crippen molar-refractivity contribution in [1.29, 1.82) is 0 Å². The number of aryl methyl sites for hydroxylation is 1. The van der Waals surface area contributed by atoms with Gasteiger partial charge in [0.2, 0.25) is 0 Å². The minimum absolute atomic E-state index is 0.558. The highest BCUT2D eigenvalue weighted by Crippen LogP contribution is 2.50. The zero-order valence-corrected chi connectivity index (χ0v) is 17.3. The lowest BCUT2D eigenvalue weighted by Crippen LogP contribution is -1.81. The number of fused-ring (bicyclic) bond motifs is 7. The topological polar surface area (TPSA) is 0 Å². The Balaban J connectivity index is 1.94. The molecule has 0 spiro atoms. The van der Waals surface area contributed by atoms with Crippen LogP contribution >= 0.6 is 56.6 Å². The molecule has 0 aliphatic carbocycles. The fourth-order valence-corrected chi connectivity index (χ4v) is 7.96. The summed E-state index contributed by atoms with van der Waals surface area (Å²) in [4.78, 5) is 0. The van der Waals surface area contributed by atoms with Crippen LogP contribution < -0.4 is 0 Å². The van der Waals surface area contributed by atoms with Crippen molar-refractivity contribution in [2.24, 2.45) is 0 Å². The molecule has 4 heteroatoms. The Hall–Kier alpha value is -0.690. The van der Waals surface area contributed by atoms with Gasteiger partial charge in [0.1, 0.15) is 0 Å². The van der Waals surface area contributed by atoms with Crippen molar-refractivity contribution < 1.29 is 0 Å². The predicted molar refractivity (Wildman–Crippen MR) is 117 cm³/mol. The molecule has 23 heavy (non-hydrogen) atoms. The van der Waals surface area contributed by atoms with Crippen LogP contribution in [-0.2, 0) is 0 Å². The molecule has 2 aromatic carbocycles. The van der Waals surface area contributed by atoms with E-state index < -0.39 is 0 Å². The molecular formula is C19H13IS3. The lowest BCUT2D eigenvalue weighted by atomic mass is 10.1. The maximum atomic E-state index is 2.49. The van der Waals surface area contributed by atoms with Gasteiger partial charge >= 0.3 is 0 Å². The van der Waals surface area contributed by atoms with E-state index in [4.69, 9.17) is 0 Å². The van der Waals surface area contributed by atoms with Crippen LogP contribution in [0.25, 0.3) is 39.0 Å². The van der Waals surface area contributed by atoms with E-state index >= 15 is 0 Å². The molecule has 0 N–H and O–H groups in total. The smallest absolute Gasteiger partial charge is 0.0899 e. The molecule has 5 rings (SSSR count). The number of hydrogen-bond acceptors (Lipinski definition) is 3. The van der Waals surface area contributed by atoms with E-state index in [1.54, 1.807) is 0 Å². The van der Waals surface area contributed by atoms with Crippen LogP contribution in [-0.4, -0.2) is 0 Å². The molecule has 1 unspecified atom stereocenters. The number of alkyl halides is 1. The first kappa shape index (κ1) is 14.6. The third-order valence-electron chi connectivity index (χ3n) is 4.39. The number of thiophene rings is 3. The van der Waals surface area contributed by atoms with Crippen molar-refractivity contribution in [3.63, 3.8) is 0 Å². The molecule has 3 aromatic heterocycles. The Kier molecular flexibility index (Phi) is 3.28. The van der Waals surface area contributed by atoms with Gasteiger partial charge in [0.25, 0.3) is 0 Å². The van der Waals surface area contributed by atoms with Crippen molar-refractivity contribution in [3.8, 4) is 0 Å². The molecule has 0 radical (unpaired) electrons. The van der Waals surface area contributed by atoms with Gasteiger partial charge in [-0.3, -0.25) is 0 Å². The van der Waals surface area contributed by atoms with Gasteiger partial charge in [0.15, 0.2) is 0 Å². The number of rotatable bonds is 1. The molecule has 3 heterocycles. The lowest BCUT2D eigenvalue weighted by molar-refractivity contribution is 1.16. The fourth-order valence-electron chi connectivity index (χ4n) is 3.22. The van der Waals surface area contributed by atoms with Gasteiger partial charge in [-0.25, -0.2) is 0 Å². The highest BCUT2D eigenvalue weighted by Gasteiger charge is 2.17. The summed E-state index contributed by atoms with van der Waals surface area (Å²) >= 11 is 8.37. The third kappa shape index (κ3) is 2.11. The lowest BCUT2D eigenvalue weighted by Gasteiger charge is -2.02. The van der Waals surface area contributed by atoms with Crippen molar-refractivity contribution in [3.05, 3.63) is 47.5 Å². The summed E-state index contributed by atoms with van der Waals surface area (Å²) in [5.74, 6) is 0. The first-order valence-electron chi connectivity index (χ1n) is 7.54. The van der Waals surface area contributed by atoms with Gasteiger partial charge in [0, 0.05) is 34.9 Å². The second-order valence-electron chi connectivity index (χ2n) is 6.00. The first-order chi connectivity index (χ1) is 11.1. The standard InChI is InChI=1S/C19H13IS3/c1-9-3-5-12-14(7-9)21-18-16(12)17-13-6-4-11(10(2)20)8-15(13)22-19(17)23-18/h3-8,10H,1-2H3. The molecule has 114 valence electrons. The molecule has 0 aliphatic heterocycles. The van der Waals surface area contributed by atoms with Crippen LogP contribution in [0.2, 0.25) is 0 Å². The molecule has 0 fully saturated rings. The van der Waals surface area contributed by atoms with Crippen LogP contribution in [0.1, 0.15) is 22.0 Å². The molecule has 0 aliphatic rings. The number of hydrogen-bond donors (Lipinski definition) is 0. The molecule has 0 saturated carbocycles. The maximum absolute atomic E-state index is 2.49. The van der Waals surface area contributed by atoms with Gasteiger partial charge in [-0.05, 0) is 37.1 Å². The zero-order chi connectivity index (χ0) is 15.7. The highest BCUT2D eigenvalue weighted by molar-refractivity contribution is 14.1. The van der Waals surface area contributed by atoms with Gasteiger partial charge < -0.3 is 0 Å². The Morgan fingerprint density at radius 3 is 2.09 bits per heavy atom. The normalized spacial score (nSPS) is 13.7. The summed E-state index contributed by atoms with van der Waals surface area (Å²) in [6.45, 7) is 4.43. The third-order valence-corrected chi connectivity index (χ3v) is 8.78. The van der Waals surface area contributed by atoms with Crippen molar-refractivity contribution in [1.82, 2.24) is 0 Å². The van der Waals surface area contributed by atoms with Crippen LogP contribution in [0.4, 0.5) is 0 Å². The van der Waals surface area contributed by atoms with E-state index in [1.165, 1.54) is 50.1 Å². The summed E-state index contributed by atoms with van der Waals surface area (Å²) in [5, 5.41) is 5.81. The fraction of sp³-hybridized carbons (Fsp3) is 0.158. The molecule has 5 aromatic rings. The summed E-state index contributed by atoms with van der Waals surface area (Å²) in [6, 6.07) is 13.9. The minimum atomic E-state index is 0.558. The zero-order valence-electron chi connectivity index (χ0n) is 12.6. The van der Waals surface area contributed by atoms with Crippen LogP contribution in [0.5, 0.6) is 0 Å². The Labute approximate surface area is 159 Å². The van der Waals surface area contributed by atoms with Gasteiger partial charge in [-0.15, -0.1) is 34.0 Å². The van der Waals surface area contributed by atoms with Crippen LogP contribution in [0.15, 0.2) is 36.4 Å². The largest absolute Gasteiger partial charge is 0.124 e. The molecule has 0 bridgehead atoms. The quantitative estimate of drug-likeness (QED) is 0.173. The Bertz CT molecular complexity index is 1200. The van der Waals surface area contributed by atoms with Gasteiger partial charge in [0.05, 0.1) is 8.03 Å². The van der Waals surface area contributed by atoms with E-state index in [9.17, 15) is 0 Å². The molecule has 0 amide bonds. The van der Waals surface area contributed by atoms with Crippen molar-refractivity contribution >= 4 is 95.6 Å². The van der Waals surface area contributed by atoms with E-state index in [2.05, 4.69) is 72.8 Å². The SMILES string of the molecule is Cc1ccc2c(c1)sc1sc3sc4cc(C(C)I)ccc4c3c12. The monoisotopic (exact) mass is 464 g/mol. The van der Waals surface area contributed by atoms with Crippen LogP contribution in [0.3, 0.4) is 0 Å². The second kappa shape index (κ2) is 5.15. The molecule has 0 saturated heterocycles. The molecule has 0 nitrogen and oxygen atoms in total. The van der Waals surface area contributed by atoms with Crippen molar-refractivity contribution in [2.75, 3.05) is 0 Å². The van der Waals surface area contributed by atoms with Crippen LogP contribution in [0, 0.1) is 6.92 Å². The molecule has 1 atom stereocenters. The van der Waals surface area contributed by atoms with E-state index in [-0.39, 0.29) is 0 Å². The predicted octanol–water partition coefficient (Wildman–Crippen LogP) is 8.29. The average molecular weight is 464 g/mol. The highest BCUT2D eigenvalue weighted by atomic mass is 127. The van der Waals surface area contributed by atoms with Gasteiger partial charge in [-0.1, -0.05) is 46.9 Å². The first-order valence-corrected chi connectivity index (χ1v) is 11.2. The summed E-state index contributed by atoms with van der Waals surface area (Å²) in [5.41, 5.74) is 2.77. The maximum Gasteiger partial charge on any atom is 0.0899 e. The number of benzene rings is 2.